The zero-order valence-electron chi connectivity index (χ0n) is 14.3. The summed E-state index contributed by atoms with van der Waals surface area (Å²) in [5.74, 6) is 1.34. The van der Waals surface area contributed by atoms with E-state index in [2.05, 4.69) is 12.2 Å². The molecule has 2 saturated carbocycles. The Morgan fingerprint density at radius 1 is 1.22 bits per heavy atom. The number of nitrogens with one attached hydrogen (secondary N) is 1. The fourth-order valence-corrected chi connectivity index (χ4v) is 4.84. The van der Waals surface area contributed by atoms with Gasteiger partial charge in [-0.1, -0.05) is 13.3 Å². The van der Waals surface area contributed by atoms with Crippen molar-refractivity contribution >= 4 is 11.8 Å². The normalized spacial score (nSPS) is 36.3. The molecule has 1 heterocycles. The largest absolute Gasteiger partial charge is 0.356 e. The van der Waals surface area contributed by atoms with E-state index in [1.807, 2.05) is 4.90 Å². The Morgan fingerprint density at radius 2 is 2.00 bits per heavy atom. The summed E-state index contributed by atoms with van der Waals surface area (Å²) in [5.41, 5.74) is 6.32. The molecule has 2 amide bonds. The van der Waals surface area contributed by atoms with E-state index in [0.29, 0.717) is 18.4 Å². The van der Waals surface area contributed by atoms with Crippen LogP contribution >= 0.6 is 0 Å². The molecule has 1 saturated heterocycles. The molecule has 3 aliphatic rings. The van der Waals surface area contributed by atoms with E-state index in [1.165, 1.54) is 6.42 Å². The van der Waals surface area contributed by atoms with E-state index >= 15 is 0 Å². The molecule has 5 heteroatoms. The summed E-state index contributed by atoms with van der Waals surface area (Å²) in [7, 11) is 0. The summed E-state index contributed by atoms with van der Waals surface area (Å²) in [5, 5.41) is 3.02. The minimum Gasteiger partial charge on any atom is -0.356 e. The summed E-state index contributed by atoms with van der Waals surface area (Å²) in [6.07, 6.45) is 7.39. The molecule has 3 N–H and O–H groups in total. The van der Waals surface area contributed by atoms with Gasteiger partial charge in [0.05, 0.1) is 11.8 Å². The summed E-state index contributed by atoms with van der Waals surface area (Å²) in [4.78, 5) is 27.2. The molecule has 130 valence electrons. The molecular weight excluding hydrogens is 290 g/mol. The van der Waals surface area contributed by atoms with Gasteiger partial charge in [0.2, 0.25) is 11.8 Å². The van der Waals surface area contributed by atoms with Crippen molar-refractivity contribution in [2.75, 3.05) is 19.6 Å². The van der Waals surface area contributed by atoms with Crippen molar-refractivity contribution in [3.63, 3.8) is 0 Å². The third kappa shape index (κ3) is 3.39. The number of likely N-dealkylation sites (tertiary alicyclic amines) is 1. The van der Waals surface area contributed by atoms with Gasteiger partial charge in [0.15, 0.2) is 0 Å². The van der Waals surface area contributed by atoms with Gasteiger partial charge in [0.25, 0.3) is 0 Å². The number of carbonyl (C=O) groups is 2. The van der Waals surface area contributed by atoms with Gasteiger partial charge in [-0.3, -0.25) is 9.59 Å². The van der Waals surface area contributed by atoms with Crippen LogP contribution in [0.4, 0.5) is 0 Å². The van der Waals surface area contributed by atoms with E-state index < -0.39 is 0 Å². The highest BCUT2D eigenvalue weighted by Crippen LogP contribution is 2.48. The summed E-state index contributed by atoms with van der Waals surface area (Å²) in [6, 6.07) is 0.0417. The minimum absolute atomic E-state index is 0.00986. The SMILES string of the molecule is CCCCNC(=O)C1CCCN(C(=O)C2C3CCC(C3)C2N)C1. The van der Waals surface area contributed by atoms with Crippen molar-refractivity contribution in [3.05, 3.63) is 0 Å². The first-order chi connectivity index (χ1) is 11.1. The molecular formula is C18H31N3O2. The van der Waals surface area contributed by atoms with E-state index in [1.54, 1.807) is 0 Å². The number of rotatable bonds is 5. The molecule has 2 bridgehead atoms. The first-order valence-corrected chi connectivity index (χ1v) is 9.44. The smallest absolute Gasteiger partial charge is 0.227 e. The Morgan fingerprint density at radius 3 is 2.70 bits per heavy atom. The van der Waals surface area contributed by atoms with Crippen molar-refractivity contribution in [2.45, 2.75) is 57.9 Å². The topological polar surface area (TPSA) is 75.4 Å². The molecule has 23 heavy (non-hydrogen) atoms. The third-order valence-electron chi connectivity index (χ3n) is 6.20. The second-order valence-electron chi connectivity index (χ2n) is 7.70. The van der Waals surface area contributed by atoms with Crippen LogP contribution in [0.25, 0.3) is 0 Å². The van der Waals surface area contributed by atoms with Gasteiger partial charge in [-0.05, 0) is 50.4 Å². The number of amides is 2. The zero-order valence-corrected chi connectivity index (χ0v) is 14.3. The third-order valence-corrected chi connectivity index (χ3v) is 6.20. The Bertz CT molecular complexity index is 452. The highest BCUT2D eigenvalue weighted by molar-refractivity contribution is 5.83. The second-order valence-corrected chi connectivity index (χ2v) is 7.70. The number of unbranched alkanes of at least 4 members (excludes halogenated alkanes) is 1. The molecule has 0 aromatic carbocycles. The van der Waals surface area contributed by atoms with Gasteiger partial charge < -0.3 is 16.0 Å². The van der Waals surface area contributed by atoms with Gasteiger partial charge >= 0.3 is 0 Å². The number of piperidine rings is 1. The maximum Gasteiger partial charge on any atom is 0.227 e. The zero-order chi connectivity index (χ0) is 16.4. The molecule has 3 fully saturated rings. The Kier molecular flexibility index (Phi) is 5.24. The lowest BCUT2D eigenvalue weighted by atomic mass is 9.83. The molecule has 1 aliphatic heterocycles. The highest BCUT2D eigenvalue weighted by atomic mass is 16.2. The van der Waals surface area contributed by atoms with Crippen molar-refractivity contribution in [1.29, 1.82) is 0 Å². The lowest BCUT2D eigenvalue weighted by molar-refractivity contribution is -0.141. The quantitative estimate of drug-likeness (QED) is 0.754. The number of nitrogens with two attached hydrogens (primary N) is 1. The van der Waals surface area contributed by atoms with Crippen molar-refractivity contribution in [1.82, 2.24) is 10.2 Å². The van der Waals surface area contributed by atoms with Crippen LogP contribution in [0.3, 0.4) is 0 Å². The monoisotopic (exact) mass is 321 g/mol. The molecule has 2 aliphatic carbocycles. The molecule has 0 aromatic heterocycles. The molecule has 3 rings (SSSR count). The maximum absolute atomic E-state index is 12.9. The lowest BCUT2D eigenvalue weighted by Gasteiger charge is -2.37. The second kappa shape index (κ2) is 7.20. The number of nitrogens with zero attached hydrogens (tertiary/aromatic N) is 1. The van der Waals surface area contributed by atoms with Gasteiger partial charge in [-0.15, -0.1) is 0 Å². The van der Waals surface area contributed by atoms with Gasteiger partial charge in [0, 0.05) is 25.7 Å². The average Bonchev–Trinajstić information content (AvgIpc) is 3.15. The standard InChI is InChI=1S/C18H31N3O2/c1-2-3-8-20-17(22)14-5-4-9-21(11-14)18(23)15-12-6-7-13(10-12)16(15)19/h12-16H,2-11,19H2,1H3,(H,20,22). The summed E-state index contributed by atoms with van der Waals surface area (Å²) < 4.78 is 0. The minimum atomic E-state index is -0.0422. The number of hydrogen-bond donors (Lipinski definition) is 2. The van der Waals surface area contributed by atoms with Crippen LogP contribution in [0.1, 0.15) is 51.9 Å². The van der Waals surface area contributed by atoms with E-state index in [-0.39, 0.29) is 29.7 Å². The Hall–Kier alpha value is -1.10. The Balaban J connectivity index is 1.56. The lowest BCUT2D eigenvalue weighted by Crippen LogP contribution is -2.51. The molecule has 5 unspecified atom stereocenters. The van der Waals surface area contributed by atoms with E-state index in [9.17, 15) is 9.59 Å². The molecule has 5 nitrogen and oxygen atoms in total. The first kappa shape index (κ1) is 16.7. The van der Waals surface area contributed by atoms with Crippen LogP contribution in [-0.2, 0) is 9.59 Å². The molecule has 0 aromatic rings. The van der Waals surface area contributed by atoms with E-state index in [0.717, 1.165) is 51.6 Å². The molecule has 0 spiro atoms. The fourth-order valence-electron chi connectivity index (χ4n) is 4.84. The van der Waals surface area contributed by atoms with Crippen LogP contribution in [0, 0.1) is 23.7 Å². The van der Waals surface area contributed by atoms with Gasteiger partial charge in [-0.2, -0.15) is 0 Å². The average molecular weight is 321 g/mol. The highest BCUT2D eigenvalue weighted by Gasteiger charge is 2.50. The predicted molar refractivity (Wildman–Crippen MR) is 89.5 cm³/mol. The maximum atomic E-state index is 12.9. The van der Waals surface area contributed by atoms with Crippen LogP contribution in [0.5, 0.6) is 0 Å². The molecule has 5 atom stereocenters. The Labute approximate surface area is 139 Å². The number of carbonyl (C=O) groups excluding carboxylic acids is 2. The summed E-state index contributed by atoms with van der Waals surface area (Å²) >= 11 is 0. The van der Waals surface area contributed by atoms with Crippen LogP contribution in [-0.4, -0.2) is 42.4 Å². The van der Waals surface area contributed by atoms with Gasteiger partial charge in [0.1, 0.15) is 0 Å². The van der Waals surface area contributed by atoms with Crippen molar-refractivity contribution in [3.8, 4) is 0 Å². The van der Waals surface area contributed by atoms with Gasteiger partial charge in [-0.25, -0.2) is 0 Å². The predicted octanol–water partition coefficient (Wildman–Crippen LogP) is 1.51. The van der Waals surface area contributed by atoms with Crippen molar-refractivity contribution in [2.24, 2.45) is 29.4 Å². The van der Waals surface area contributed by atoms with Crippen LogP contribution in [0.15, 0.2) is 0 Å². The van der Waals surface area contributed by atoms with Crippen molar-refractivity contribution < 1.29 is 9.59 Å². The van der Waals surface area contributed by atoms with Crippen LogP contribution in [0.2, 0.25) is 0 Å². The molecule has 0 radical (unpaired) electrons. The number of fused-ring (bicyclic) bond motifs is 2. The van der Waals surface area contributed by atoms with E-state index in [4.69, 9.17) is 5.73 Å². The first-order valence-electron chi connectivity index (χ1n) is 9.44. The summed E-state index contributed by atoms with van der Waals surface area (Å²) in [6.45, 7) is 4.23. The van der Waals surface area contributed by atoms with Crippen LogP contribution < -0.4 is 11.1 Å². The number of hydrogen-bond acceptors (Lipinski definition) is 3. The fraction of sp³-hybridized carbons (Fsp3) is 0.889.